The molecule has 1 atom stereocenters. The highest BCUT2D eigenvalue weighted by Crippen LogP contribution is 2.27. The van der Waals surface area contributed by atoms with E-state index in [1.165, 1.54) is 0 Å². The van der Waals surface area contributed by atoms with Crippen LogP contribution >= 0.6 is 0 Å². The summed E-state index contributed by atoms with van der Waals surface area (Å²) in [5.74, 6) is 0.778. The van der Waals surface area contributed by atoms with Crippen LogP contribution in [0.1, 0.15) is 13.3 Å². The average Bonchev–Trinajstić information content (AvgIpc) is 2.52. The lowest BCUT2D eigenvalue weighted by Crippen LogP contribution is -2.34. The number of ether oxygens (including phenoxy) is 1. The summed E-state index contributed by atoms with van der Waals surface area (Å²) in [7, 11) is 3.67. The third kappa shape index (κ3) is 4.32. The van der Waals surface area contributed by atoms with Gasteiger partial charge < -0.3 is 20.1 Å². The smallest absolute Gasteiger partial charge is 0.121 e. The first kappa shape index (κ1) is 16.5. The molecule has 5 heteroatoms. The number of hydrogen-bond donors (Lipinski definition) is 2. The van der Waals surface area contributed by atoms with Crippen LogP contribution in [0.15, 0.2) is 30.5 Å². The Balaban J connectivity index is 2.07. The lowest BCUT2D eigenvalue weighted by atomic mass is 10.1. The molecule has 1 aromatic carbocycles. The molecule has 1 aromatic heterocycles. The van der Waals surface area contributed by atoms with Gasteiger partial charge in [0, 0.05) is 30.7 Å². The first-order valence-corrected chi connectivity index (χ1v) is 7.67. The molecule has 120 valence electrons. The fourth-order valence-electron chi connectivity index (χ4n) is 2.54. The molecule has 0 aliphatic heterocycles. The van der Waals surface area contributed by atoms with Gasteiger partial charge in [0.15, 0.2) is 0 Å². The average molecular weight is 303 g/mol. The molecular weight excluding hydrogens is 278 g/mol. The molecule has 2 aromatic rings. The molecule has 0 saturated heterocycles. The summed E-state index contributed by atoms with van der Waals surface area (Å²) in [6, 6.07) is 7.78. The molecule has 22 heavy (non-hydrogen) atoms. The molecule has 0 aliphatic rings. The summed E-state index contributed by atoms with van der Waals surface area (Å²) in [5, 5.41) is 14.5. The molecule has 0 bridgehead atoms. The number of hydrogen-bond acceptors (Lipinski definition) is 5. The molecule has 2 N–H and O–H groups in total. The predicted molar refractivity (Wildman–Crippen MR) is 90.6 cm³/mol. The summed E-state index contributed by atoms with van der Waals surface area (Å²) in [6.07, 6.45) is 2.42. The van der Waals surface area contributed by atoms with Crippen molar-refractivity contribution >= 4 is 16.6 Å². The van der Waals surface area contributed by atoms with Crippen molar-refractivity contribution in [1.29, 1.82) is 0 Å². The predicted octanol–water partition coefficient (Wildman–Crippen LogP) is 2.36. The van der Waals surface area contributed by atoms with Crippen LogP contribution in [-0.4, -0.2) is 54.9 Å². The maximum Gasteiger partial charge on any atom is 0.121 e. The number of rotatable bonds is 8. The molecule has 0 amide bonds. The Morgan fingerprint density at radius 2 is 2.23 bits per heavy atom. The Bertz CT molecular complexity index is 603. The third-order valence-electron chi connectivity index (χ3n) is 3.57. The van der Waals surface area contributed by atoms with Crippen molar-refractivity contribution in [3.05, 3.63) is 30.5 Å². The second-order valence-corrected chi connectivity index (χ2v) is 5.55. The Hall–Kier alpha value is -1.85. The van der Waals surface area contributed by atoms with Crippen molar-refractivity contribution in [2.75, 3.05) is 39.1 Å². The van der Waals surface area contributed by atoms with Crippen LogP contribution in [0.4, 0.5) is 5.69 Å². The summed E-state index contributed by atoms with van der Waals surface area (Å²) < 4.78 is 5.33. The second kappa shape index (κ2) is 7.96. The fraction of sp³-hybridized carbons (Fsp3) is 0.471. The Morgan fingerprint density at radius 3 is 2.95 bits per heavy atom. The van der Waals surface area contributed by atoms with Crippen LogP contribution in [0.25, 0.3) is 10.9 Å². The number of pyridine rings is 1. The van der Waals surface area contributed by atoms with Gasteiger partial charge in [-0.25, -0.2) is 0 Å². The Labute approximate surface area is 131 Å². The van der Waals surface area contributed by atoms with Crippen LogP contribution in [0.5, 0.6) is 5.75 Å². The standard InChI is InChI=1S/C17H25N3O2/c1-4-8-20(2)12-14(21)11-19-16-10-15(22-3)9-13-6-5-7-18-17(13)16/h5-7,9-10,14,19,21H,4,8,11-12H2,1-3H3. The van der Waals surface area contributed by atoms with Gasteiger partial charge >= 0.3 is 0 Å². The fourth-order valence-corrected chi connectivity index (χ4v) is 2.54. The largest absolute Gasteiger partial charge is 0.497 e. The van der Waals surface area contributed by atoms with Crippen LogP contribution in [0, 0.1) is 0 Å². The number of nitrogens with zero attached hydrogens (tertiary/aromatic N) is 2. The minimum absolute atomic E-state index is 0.429. The number of nitrogens with one attached hydrogen (secondary N) is 1. The highest BCUT2D eigenvalue weighted by molar-refractivity contribution is 5.91. The zero-order valence-electron chi connectivity index (χ0n) is 13.5. The van der Waals surface area contributed by atoms with Gasteiger partial charge in [-0.15, -0.1) is 0 Å². The number of fused-ring (bicyclic) bond motifs is 1. The third-order valence-corrected chi connectivity index (χ3v) is 3.57. The van der Waals surface area contributed by atoms with E-state index in [0.29, 0.717) is 13.1 Å². The summed E-state index contributed by atoms with van der Waals surface area (Å²) in [5.41, 5.74) is 1.77. The van der Waals surface area contributed by atoms with Crippen molar-refractivity contribution < 1.29 is 9.84 Å². The molecule has 0 fully saturated rings. The molecule has 1 unspecified atom stereocenters. The summed E-state index contributed by atoms with van der Waals surface area (Å²) in [6.45, 7) is 4.25. The normalized spacial score (nSPS) is 12.6. The van der Waals surface area contributed by atoms with Crippen LogP contribution in [0.2, 0.25) is 0 Å². The highest BCUT2D eigenvalue weighted by atomic mass is 16.5. The van der Waals surface area contributed by atoms with E-state index in [4.69, 9.17) is 4.74 Å². The maximum absolute atomic E-state index is 10.2. The quantitative estimate of drug-likeness (QED) is 0.784. The summed E-state index contributed by atoms with van der Waals surface area (Å²) in [4.78, 5) is 6.55. The molecule has 1 heterocycles. The van der Waals surface area contributed by atoms with Gasteiger partial charge in [0.1, 0.15) is 5.75 Å². The van der Waals surface area contributed by atoms with Crippen molar-refractivity contribution in [2.24, 2.45) is 0 Å². The van der Waals surface area contributed by atoms with E-state index in [1.807, 2.05) is 31.3 Å². The van der Waals surface area contributed by atoms with Gasteiger partial charge in [-0.3, -0.25) is 4.98 Å². The highest BCUT2D eigenvalue weighted by Gasteiger charge is 2.10. The van der Waals surface area contributed by atoms with E-state index in [2.05, 4.69) is 22.1 Å². The van der Waals surface area contributed by atoms with Crippen molar-refractivity contribution in [3.8, 4) is 5.75 Å². The molecular formula is C17H25N3O2. The number of aliphatic hydroxyl groups is 1. The van der Waals surface area contributed by atoms with Gasteiger partial charge in [0.2, 0.25) is 0 Å². The van der Waals surface area contributed by atoms with Crippen LogP contribution < -0.4 is 10.1 Å². The first-order chi connectivity index (χ1) is 10.6. The van der Waals surface area contributed by atoms with E-state index < -0.39 is 6.10 Å². The first-order valence-electron chi connectivity index (χ1n) is 7.67. The number of methoxy groups -OCH3 is 1. The molecule has 0 spiro atoms. The van der Waals surface area contributed by atoms with Gasteiger partial charge in [0.05, 0.1) is 24.4 Å². The lowest BCUT2D eigenvalue weighted by Gasteiger charge is -2.21. The lowest BCUT2D eigenvalue weighted by molar-refractivity contribution is 0.136. The Kier molecular flexibility index (Phi) is 5.98. The topological polar surface area (TPSA) is 57.6 Å². The molecule has 5 nitrogen and oxygen atoms in total. The monoisotopic (exact) mass is 303 g/mol. The summed E-state index contributed by atoms with van der Waals surface area (Å²) >= 11 is 0. The molecule has 0 radical (unpaired) electrons. The number of aromatic nitrogens is 1. The zero-order chi connectivity index (χ0) is 15.9. The van der Waals surface area contributed by atoms with E-state index >= 15 is 0 Å². The van der Waals surface area contributed by atoms with Crippen molar-refractivity contribution in [3.63, 3.8) is 0 Å². The van der Waals surface area contributed by atoms with E-state index in [9.17, 15) is 5.11 Å². The Morgan fingerprint density at radius 1 is 1.41 bits per heavy atom. The zero-order valence-corrected chi connectivity index (χ0v) is 13.5. The minimum atomic E-state index is -0.429. The number of anilines is 1. The van der Waals surface area contributed by atoms with E-state index in [0.717, 1.165) is 35.3 Å². The van der Waals surface area contributed by atoms with Gasteiger partial charge in [-0.05, 0) is 32.1 Å². The number of benzene rings is 1. The van der Waals surface area contributed by atoms with Crippen LogP contribution in [-0.2, 0) is 0 Å². The molecule has 2 rings (SSSR count). The van der Waals surface area contributed by atoms with Gasteiger partial charge in [0.25, 0.3) is 0 Å². The van der Waals surface area contributed by atoms with Crippen LogP contribution in [0.3, 0.4) is 0 Å². The van der Waals surface area contributed by atoms with Gasteiger partial charge in [-0.2, -0.15) is 0 Å². The van der Waals surface area contributed by atoms with E-state index in [1.54, 1.807) is 13.3 Å². The molecule has 0 aliphatic carbocycles. The minimum Gasteiger partial charge on any atom is -0.497 e. The van der Waals surface area contributed by atoms with E-state index in [-0.39, 0.29) is 0 Å². The van der Waals surface area contributed by atoms with Crippen molar-refractivity contribution in [1.82, 2.24) is 9.88 Å². The molecule has 0 saturated carbocycles. The second-order valence-electron chi connectivity index (χ2n) is 5.55. The maximum atomic E-state index is 10.2. The SMILES string of the molecule is CCCN(C)CC(O)CNc1cc(OC)cc2cccnc12. The number of likely N-dealkylation sites (N-methyl/N-ethyl adjacent to an activating group) is 1. The number of aliphatic hydroxyl groups excluding tert-OH is 1. The van der Waals surface area contributed by atoms with Gasteiger partial charge in [-0.1, -0.05) is 13.0 Å². The van der Waals surface area contributed by atoms with Crippen molar-refractivity contribution in [2.45, 2.75) is 19.4 Å².